The molecule has 0 fully saturated rings. The molecule has 1 heterocycles. The molecule has 0 aliphatic heterocycles. The van der Waals surface area contributed by atoms with Crippen molar-refractivity contribution in [3.05, 3.63) is 27.0 Å². The van der Waals surface area contributed by atoms with Crippen LogP contribution >= 0.6 is 27.7 Å². The molecule has 0 aliphatic carbocycles. The molecule has 0 spiro atoms. The van der Waals surface area contributed by atoms with Crippen molar-refractivity contribution in [1.82, 2.24) is 4.98 Å². The first kappa shape index (κ1) is 12.2. The van der Waals surface area contributed by atoms with Crippen molar-refractivity contribution in [2.75, 3.05) is 0 Å². The largest absolute Gasteiger partial charge is 0.446 e. The first-order valence-corrected chi connectivity index (χ1v) is 4.96. The lowest BCUT2D eigenvalue weighted by molar-refractivity contribution is -0.388. The number of rotatable bonds is 2. The summed E-state index contributed by atoms with van der Waals surface area (Å²) in [5, 5.41) is 10.4. The van der Waals surface area contributed by atoms with Crippen LogP contribution in [0.4, 0.5) is 18.9 Å². The zero-order chi connectivity index (χ0) is 11.6. The molecule has 0 saturated carbocycles. The van der Waals surface area contributed by atoms with E-state index in [0.29, 0.717) is 0 Å². The number of hydrogen-bond acceptors (Lipinski definition) is 4. The van der Waals surface area contributed by atoms with Crippen LogP contribution in [0.2, 0.25) is 0 Å². The molecule has 0 radical (unpaired) electrons. The molecule has 0 aromatic carbocycles. The van der Waals surface area contributed by atoms with E-state index in [1.807, 2.05) is 0 Å². The van der Waals surface area contributed by atoms with Crippen LogP contribution in [0.5, 0.6) is 0 Å². The van der Waals surface area contributed by atoms with E-state index < -0.39 is 32.8 Å². The molecule has 0 aliphatic rings. The van der Waals surface area contributed by atoms with E-state index in [1.165, 1.54) is 0 Å². The molecule has 0 unspecified atom stereocenters. The van der Waals surface area contributed by atoms with Crippen LogP contribution in [0.15, 0.2) is 21.8 Å². The standard InChI is InChI=1S/C6H2BrF3N2O2S/c7-5-1-4(15-6(8,9)10)3(2-11-5)12(13)14/h1-2H. The molecule has 1 rings (SSSR count). The molecule has 0 atom stereocenters. The second kappa shape index (κ2) is 4.35. The van der Waals surface area contributed by atoms with Gasteiger partial charge >= 0.3 is 11.2 Å². The van der Waals surface area contributed by atoms with Crippen molar-refractivity contribution in [3.8, 4) is 0 Å². The van der Waals surface area contributed by atoms with Gasteiger partial charge in [0.25, 0.3) is 0 Å². The molecule has 15 heavy (non-hydrogen) atoms. The van der Waals surface area contributed by atoms with Crippen LogP contribution in [-0.2, 0) is 0 Å². The predicted octanol–water partition coefficient (Wildman–Crippen LogP) is 3.36. The highest BCUT2D eigenvalue weighted by Crippen LogP contribution is 2.41. The monoisotopic (exact) mass is 302 g/mol. The zero-order valence-corrected chi connectivity index (χ0v) is 9.19. The molecule has 1 aromatic rings. The Hall–Kier alpha value is -0.830. The second-order valence-electron chi connectivity index (χ2n) is 2.28. The van der Waals surface area contributed by atoms with Crippen LogP contribution in [0.25, 0.3) is 0 Å². The van der Waals surface area contributed by atoms with Gasteiger partial charge in [-0.25, -0.2) is 4.98 Å². The molecule has 0 bridgehead atoms. The summed E-state index contributed by atoms with van der Waals surface area (Å²) in [6.45, 7) is 0. The number of halogens is 4. The van der Waals surface area contributed by atoms with Crippen molar-refractivity contribution < 1.29 is 18.1 Å². The smallest absolute Gasteiger partial charge is 0.258 e. The zero-order valence-electron chi connectivity index (χ0n) is 6.79. The van der Waals surface area contributed by atoms with Crippen LogP contribution in [0.3, 0.4) is 0 Å². The van der Waals surface area contributed by atoms with Crippen molar-refractivity contribution in [3.63, 3.8) is 0 Å². The highest BCUT2D eigenvalue weighted by Gasteiger charge is 2.33. The maximum atomic E-state index is 12.0. The Kier molecular flexibility index (Phi) is 3.55. The lowest BCUT2D eigenvalue weighted by atomic mass is 10.4. The number of thioether (sulfide) groups is 1. The molecule has 9 heteroatoms. The summed E-state index contributed by atoms with van der Waals surface area (Å²) in [6.07, 6.45) is 0.776. The van der Waals surface area contributed by atoms with Crippen molar-refractivity contribution in [2.24, 2.45) is 0 Å². The number of nitrogens with zero attached hydrogens (tertiary/aromatic N) is 2. The van der Waals surface area contributed by atoms with Crippen LogP contribution in [0.1, 0.15) is 0 Å². The van der Waals surface area contributed by atoms with Gasteiger partial charge in [-0.05, 0) is 33.8 Å². The first-order chi connectivity index (χ1) is 6.79. The van der Waals surface area contributed by atoms with Crippen molar-refractivity contribution >= 4 is 33.4 Å². The minimum Gasteiger partial charge on any atom is -0.258 e. The van der Waals surface area contributed by atoms with Gasteiger partial charge in [0, 0.05) is 0 Å². The summed E-state index contributed by atoms with van der Waals surface area (Å²) in [7, 11) is 0. The molecule has 0 saturated heterocycles. The summed E-state index contributed by atoms with van der Waals surface area (Å²) < 4.78 is 36.2. The molecular weight excluding hydrogens is 301 g/mol. The van der Waals surface area contributed by atoms with Gasteiger partial charge in [-0.2, -0.15) is 13.2 Å². The molecule has 82 valence electrons. The van der Waals surface area contributed by atoms with E-state index in [1.54, 1.807) is 0 Å². The van der Waals surface area contributed by atoms with E-state index >= 15 is 0 Å². The van der Waals surface area contributed by atoms with Gasteiger partial charge in [0.1, 0.15) is 10.8 Å². The van der Waals surface area contributed by atoms with Crippen molar-refractivity contribution in [2.45, 2.75) is 10.4 Å². The fraction of sp³-hybridized carbons (Fsp3) is 0.167. The first-order valence-electron chi connectivity index (χ1n) is 3.35. The lowest BCUT2D eigenvalue weighted by Gasteiger charge is -2.05. The van der Waals surface area contributed by atoms with Crippen LogP contribution in [0, 0.1) is 10.1 Å². The molecule has 1 aromatic heterocycles. The van der Waals surface area contributed by atoms with E-state index in [2.05, 4.69) is 20.9 Å². The number of pyridine rings is 1. The van der Waals surface area contributed by atoms with E-state index in [9.17, 15) is 23.3 Å². The Balaban J connectivity index is 3.13. The topological polar surface area (TPSA) is 56.0 Å². The van der Waals surface area contributed by atoms with E-state index in [0.717, 1.165) is 12.3 Å². The third-order valence-electron chi connectivity index (χ3n) is 1.24. The Bertz CT molecular complexity index is 398. The third kappa shape index (κ3) is 3.67. The Morgan fingerprint density at radius 2 is 2.13 bits per heavy atom. The summed E-state index contributed by atoms with van der Waals surface area (Å²) in [5.74, 6) is 0. The number of nitro groups is 1. The fourth-order valence-electron chi connectivity index (χ4n) is 0.749. The SMILES string of the molecule is O=[N+]([O-])c1cnc(Br)cc1SC(F)(F)F. The van der Waals surface area contributed by atoms with Gasteiger partial charge < -0.3 is 0 Å². The van der Waals surface area contributed by atoms with Gasteiger partial charge in [0.2, 0.25) is 0 Å². The molecule has 4 nitrogen and oxygen atoms in total. The second-order valence-corrected chi connectivity index (χ2v) is 4.20. The maximum Gasteiger partial charge on any atom is 0.446 e. The Morgan fingerprint density at radius 3 is 2.60 bits per heavy atom. The third-order valence-corrected chi connectivity index (χ3v) is 2.45. The Labute approximate surface area is 94.2 Å². The van der Waals surface area contributed by atoms with Crippen LogP contribution < -0.4 is 0 Å². The van der Waals surface area contributed by atoms with E-state index in [4.69, 9.17) is 0 Å². The van der Waals surface area contributed by atoms with Gasteiger partial charge in [-0.3, -0.25) is 10.1 Å². The minimum atomic E-state index is -4.56. The van der Waals surface area contributed by atoms with E-state index in [-0.39, 0.29) is 4.60 Å². The summed E-state index contributed by atoms with van der Waals surface area (Å²) in [4.78, 5) is 12.5. The lowest BCUT2D eigenvalue weighted by Crippen LogP contribution is -2.01. The van der Waals surface area contributed by atoms with Gasteiger partial charge in [-0.15, -0.1) is 0 Å². The van der Waals surface area contributed by atoms with Crippen molar-refractivity contribution in [1.29, 1.82) is 0 Å². The highest BCUT2D eigenvalue weighted by atomic mass is 79.9. The molecule has 0 N–H and O–H groups in total. The average Bonchev–Trinajstić information content (AvgIpc) is 1.99. The van der Waals surface area contributed by atoms with Gasteiger partial charge in [0.15, 0.2) is 0 Å². The fourth-order valence-corrected chi connectivity index (χ4v) is 1.88. The Morgan fingerprint density at radius 1 is 1.53 bits per heavy atom. The molecular formula is C6H2BrF3N2O2S. The summed E-state index contributed by atoms with van der Waals surface area (Å²) in [6, 6.07) is 0.955. The molecule has 0 amide bonds. The van der Waals surface area contributed by atoms with Gasteiger partial charge in [0.05, 0.1) is 9.82 Å². The maximum absolute atomic E-state index is 12.0. The summed E-state index contributed by atoms with van der Waals surface area (Å²) >= 11 is 2.30. The van der Waals surface area contributed by atoms with Gasteiger partial charge in [-0.1, -0.05) is 0 Å². The number of hydrogen-bond donors (Lipinski definition) is 0. The predicted molar refractivity (Wildman–Crippen MR) is 50.5 cm³/mol. The number of aromatic nitrogens is 1. The average molecular weight is 303 g/mol. The normalized spacial score (nSPS) is 11.5. The summed E-state index contributed by atoms with van der Waals surface area (Å²) in [5.41, 5.74) is -5.23. The quantitative estimate of drug-likeness (QED) is 0.364. The minimum absolute atomic E-state index is 0.111. The van der Waals surface area contributed by atoms with Crippen LogP contribution in [-0.4, -0.2) is 15.4 Å². The number of alkyl halides is 3. The highest BCUT2D eigenvalue weighted by molar-refractivity contribution is 9.10.